The molecule has 2 heterocycles. The molecule has 3 aromatic rings. The van der Waals surface area contributed by atoms with Crippen LogP contribution in [0.3, 0.4) is 0 Å². The molecule has 0 saturated carbocycles. The lowest BCUT2D eigenvalue weighted by molar-refractivity contribution is -0.386. The second-order valence-corrected chi connectivity index (χ2v) is 8.24. The summed E-state index contributed by atoms with van der Waals surface area (Å²) in [4.78, 5) is 49.0. The van der Waals surface area contributed by atoms with Crippen molar-refractivity contribution < 1.29 is 37.9 Å². The number of nitro benzene ring substituents is 1. The molecule has 1 aliphatic rings. The van der Waals surface area contributed by atoms with E-state index < -0.39 is 22.8 Å². The quantitative estimate of drug-likeness (QED) is 0.145. The van der Waals surface area contributed by atoms with Gasteiger partial charge in [0, 0.05) is 6.07 Å². The summed E-state index contributed by atoms with van der Waals surface area (Å²) in [6.07, 6.45) is 1.29. The number of nitro groups is 1. The minimum Gasteiger partial charge on any atom is -0.493 e. The molecule has 1 saturated heterocycles. The van der Waals surface area contributed by atoms with Crippen LogP contribution >= 0.6 is 0 Å². The normalized spacial score (nSPS) is 14.0. The topological polar surface area (TPSA) is 150 Å². The molecule has 12 nitrogen and oxygen atoms in total. The van der Waals surface area contributed by atoms with Gasteiger partial charge in [-0.1, -0.05) is 29.8 Å². The van der Waals surface area contributed by atoms with E-state index in [4.69, 9.17) is 13.9 Å². The Hall–Kier alpha value is -5.13. The molecule has 0 atom stereocenters. The molecular weight excluding hydrogens is 498 g/mol. The minimum absolute atomic E-state index is 0.0659. The summed E-state index contributed by atoms with van der Waals surface area (Å²) in [7, 11) is 2.53. The van der Waals surface area contributed by atoms with Crippen molar-refractivity contribution in [1.82, 2.24) is 10.2 Å². The number of esters is 1. The highest BCUT2D eigenvalue weighted by molar-refractivity contribution is 6.13. The largest absolute Gasteiger partial charge is 0.493 e. The van der Waals surface area contributed by atoms with E-state index in [-0.39, 0.29) is 53.1 Å². The molecule has 196 valence electrons. The third-order valence-corrected chi connectivity index (χ3v) is 5.58. The highest BCUT2D eigenvalue weighted by atomic mass is 16.6. The van der Waals surface area contributed by atoms with Crippen molar-refractivity contribution in [2.45, 2.75) is 20.1 Å². The average molecular weight is 521 g/mol. The first kappa shape index (κ1) is 25.9. The van der Waals surface area contributed by atoms with Gasteiger partial charge in [0.05, 0.1) is 25.7 Å². The summed E-state index contributed by atoms with van der Waals surface area (Å²) in [6, 6.07) is 12.3. The van der Waals surface area contributed by atoms with Crippen molar-refractivity contribution in [2.24, 2.45) is 0 Å². The molecule has 4 rings (SSSR count). The maximum atomic E-state index is 12.9. The van der Waals surface area contributed by atoms with E-state index in [0.29, 0.717) is 0 Å². The predicted molar refractivity (Wildman–Crippen MR) is 132 cm³/mol. The molecule has 0 bridgehead atoms. The highest BCUT2D eigenvalue weighted by Crippen LogP contribution is 2.39. The van der Waals surface area contributed by atoms with Gasteiger partial charge in [0.2, 0.25) is 11.5 Å². The van der Waals surface area contributed by atoms with Crippen LogP contribution in [0.1, 0.15) is 33.0 Å². The number of rotatable bonds is 9. The number of carbonyl (C=O) groups excluding carboxylic acids is 3. The lowest BCUT2D eigenvalue weighted by atomic mass is 10.1. The van der Waals surface area contributed by atoms with E-state index in [1.165, 1.54) is 44.6 Å². The van der Waals surface area contributed by atoms with Crippen molar-refractivity contribution in [1.29, 1.82) is 0 Å². The van der Waals surface area contributed by atoms with Crippen LogP contribution in [0.2, 0.25) is 0 Å². The highest BCUT2D eigenvalue weighted by Gasteiger charge is 2.35. The molecule has 1 fully saturated rings. The second kappa shape index (κ2) is 10.9. The molecule has 0 radical (unpaired) electrons. The van der Waals surface area contributed by atoms with Gasteiger partial charge in [-0.05, 0) is 42.3 Å². The number of methoxy groups -OCH3 is 2. The Balaban J connectivity index is 1.58. The number of furan rings is 1. The summed E-state index contributed by atoms with van der Waals surface area (Å²) < 4.78 is 21.0. The number of urea groups is 1. The van der Waals surface area contributed by atoms with Crippen LogP contribution in [0.4, 0.5) is 10.5 Å². The number of imide groups is 1. The van der Waals surface area contributed by atoms with Gasteiger partial charge >= 0.3 is 17.7 Å². The zero-order valence-corrected chi connectivity index (χ0v) is 20.7. The molecule has 0 spiro atoms. The standard InChI is InChI=1S/C26H23N3O9/c1-15-5-4-6-16(9-15)14-37-23-20(29(33)34)11-17(12-22(23)35-2)10-19-24(30)28(26(32)27-19)13-18-7-8-21(38-18)25(31)36-3/h4-12H,13-14H2,1-3H3,(H,27,32)/b19-10-. The molecule has 1 aliphatic heterocycles. The van der Waals surface area contributed by atoms with Gasteiger partial charge in [-0.2, -0.15) is 0 Å². The van der Waals surface area contributed by atoms with E-state index in [1.807, 2.05) is 31.2 Å². The Labute approximate surface area is 216 Å². The minimum atomic E-state index is -0.725. The number of carbonyl (C=O) groups is 3. The summed E-state index contributed by atoms with van der Waals surface area (Å²) >= 11 is 0. The molecule has 12 heteroatoms. The first-order valence-electron chi connectivity index (χ1n) is 11.3. The smallest absolute Gasteiger partial charge is 0.373 e. The van der Waals surface area contributed by atoms with Crippen molar-refractivity contribution in [3.63, 3.8) is 0 Å². The predicted octanol–water partition coefficient (Wildman–Crippen LogP) is 3.96. The van der Waals surface area contributed by atoms with Crippen molar-refractivity contribution in [3.8, 4) is 11.5 Å². The first-order valence-corrected chi connectivity index (χ1v) is 11.3. The number of hydrogen-bond acceptors (Lipinski definition) is 9. The van der Waals surface area contributed by atoms with Crippen molar-refractivity contribution in [2.75, 3.05) is 14.2 Å². The summed E-state index contributed by atoms with van der Waals surface area (Å²) in [5.74, 6) is -1.26. The van der Waals surface area contributed by atoms with Crippen LogP contribution in [-0.2, 0) is 22.7 Å². The molecule has 0 aliphatic carbocycles. The molecule has 0 unspecified atom stereocenters. The zero-order valence-electron chi connectivity index (χ0n) is 20.7. The van der Waals surface area contributed by atoms with Crippen LogP contribution in [0.25, 0.3) is 6.08 Å². The van der Waals surface area contributed by atoms with Gasteiger partial charge in [0.25, 0.3) is 5.91 Å². The second-order valence-electron chi connectivity index (χ2n) is 8.24. The maximum Gasteiger partial charge on any atom is 0.373 e. The number of amides is 3. The summed E-state index contributed by atoms with van der Waals surface area (Å²) in [6.45, 7) is 1.76. The monoisotopic (exact) mass is 521 g/mol. The van der Waals surface area contributed by atoms with Gasteiger partial charge in [0.15, 0.2) is 5.75 Å². The van der Waals surface area contributed by atoms with Crippen molar-refractivity contribution in [3.05, 3.63) is 92.6 Å². The van der Waals surface area contributed by atoms with Gasteiger partial charge in [0.1, 0.15) is 18.1 Å². The van der Waals surface area contributed by atoms with Gasteiger partial charge in [-0.25, -0.2) is 9.59 Å². The number of nitrogens with one attached hydrogen (secondary N) is 1. The van der Waals surface area contributed by atoms with E-state index in [1.54, 1.807) is 0 Å². The number of aryl methyl sites for hydroxylation is 1. The van der Waals surface area contributed by atoms with E-state index >= 15 is 0 Å². The fraction of sp³-hybridized carbons (Fsp3) is 0.192. The number of ether oxygens (including phenoxy) is 3. The third kappa shape index (κ3) is 5.48. The van der Waals surface area contributed by atoms with Gasteiger partial charge in [-0.3, -0.25) is 19.8 Å². The SMILES string of the molecule is COC(=O)c1ccc(CN2C(=O)N/C(=C\c3cc(OC)c(OCc4cccc(C)c4)c([N+](=O)[O-])c3)C2=O)o1. The van der Waals surface area contributed by atoms with Gasteiger partial charge < -0.3 is 23.9 Å². The van der Waals surface area contributed by atoms with Gasteiger partial charge in [-0.15, -0.1) is 0 Å². The lowest BCUT2D eigenvalue weighted by Gasteiger charge is -2.12. The number of hydrogen-bond donors (Lipinski definition) is 1. The van der Waals surface area contributed by atoms with E-state index in [2.05, 4.69) is 10.1 Å². The lowest BCUT2D eigenvalue weighted by Crippen LogP contribution is -2.30. The molecular formula is C26H23N3O9. The molecule has 1 aromatic heterocycles. The number of benzene rings is 2. The van der Waals surface area contributed by atoms with Crippen LogP contribution in [-0.4, -0.2) is 42.0 Å². The van der Waals surface area contributed by atoms with E-state index in [9.17, 15) is 24.5 Å². The fourth-order valence-electron chi connectivity index (χ4n) is 3.79. The number of nitrogens with zero attached hydrogens (tertiary/aromatic N) is 2. The molecule has 1 N–H and O–H groups in total. The van der Waals surface area contributed by atoms with Crippen LogP contribution in [0.5, 0.6) is 11.5 Å². The maximum absolute atomic E-state index is 12.9. The van der Waals surface area contributed by atoms with Crippen LogP contribution in [0, 0.1) is 17.0 Å². The fourth-order valence-corrected chi connectivity index (χ4v) is 3.79. The third-order valence-electron chi connectivity index (χ3n) is 5.58. The Morgan fingerprint density at radius 1 is 1.16 bits per heavy atom. The molecule has 3 amide bonds. The van der Waals surface area contributed by atoms with E-state index in [0.717, 1.165) is 16.0 Å². The molecule has 2 aromatic carbocycles. The Morgan fingerprint density at radius 2 is 1.95 bits per heavy atom. The Morgan fingerprint density at radius 3 is 2.63 bits per heavy atom. The Bertz CT molecular complexity index is 1460. The Kier molecular flexibility index (Phi) is 7.42. The van der Waals surface area contributed by atoms with Crippen LogP contribution in [0.15, 0.2) is 58.6 Å². The summed E-state index contributed by atoms with van der Waals surface area (Å²) in [5, 5.41) is 14.3. The average Bonchev–Trinajstić information content (AvgIpc) is 3.47. The first-order chi connectivity index (χ1) is 18.2. The summed E-state index contributed by atoms with van der Waals surface area (Å²) in [5.41, 5.74) is 1.58. The van der Waals surface area contributed by atoms with Crippen LogP contribution < -0.4 is 14.8 Å². The van der Waals surface area contributed by atoms with Crippen molar-refractivity contribution >= 4 is 29.7 Å². The zero-order chi connectivity index (χ0) is 27.4. The molecule has 38 heavy (non-hydrogen) atoms.